The molecular weight excluding hydrogens is 929 g/mol. The Morgan fingerprint density at radius 3 is 1.29 bits per heavy atom. The molecule has 0 amide bonds. The van der Waals surface area contributed by atoms with Crippen molar-refractivity contribution in [3.8, 4) is 61.3 Å². The van der Waals surface area contributed by atoms with E-state index >= 15 is 0 Å². The molecule has 14 aromatic rings. The molecule has 1 aromatic heterocycles. The predicted molar refractivity (Wildman–Crippen MR) is 323 cm³/mol. The normalized spacial score (nSPS) is 12.8. The van der Waals surface area contributed by atoms with Crippen molar-refractivity contribution in [2.75, 3.05) is 4.90 Å². The summed E-state index contributed by atoms with van der Waals surface area (Å²) in [5.74, 6) is 0. The van der Waals surface area contributed by atoms with Gasteiger partial charge in [-0.05, 0) is 166 Å². The van der Waals surface area contributed by atoms with Gasteiger partial charge >= 0.3 is 0 Å². The lowest BCUT2D eigenvalue weighted by molar-refractivity contribution is 0.792. The van der Waals surface area contributed by atoms with E-state index in [4.69, 9.17) is 0 Å². The Morgan fingerprint density at radius 2 is 0.675 bits per heavy atom. The van der Waals surface area contributed by atoms with Crippen LogP contribution >= 0.6 is 0 Å². The average molecular weight is 977 g/mol. The molecule has 0 aliphatic heterocycles. The topological polar surface area (TPSA) is 8.17 Å². The number of anilines is 3. The van der Waals surface area contributed by atoms with Crippen molar-refractivity contribution >= 4 is 60.4 Å². The number of fused-ring (bicyclic) bond motifs is 15. The van der Waals surface area contributed by atoms with Gasteiger partial charge in [0.1, 0.15) is 0 Å². The molecule has 358 valence electrons. The molecule has 0 saturated heterocycles. The minimum absolute atomic E-state index is 0.560. The van der Waals surface area contributed by atoms with Gasteiger partial charge in [-0.3, -0.25) is 0 Å². The van der Waals surface area contributed by atoms with Crippen LogP contribution < -0.4 is 4.90 Å². The maximum atomic E-state index is 2.50. The second-order valence-electron chi connectivity index (χ2n) is 20.7. The maximum absolute atomic E-state index is 2.50. The number of benzene rings is 13. The van der Waals surface area contributed by atoms with Crippen LogP contribution in [0.3, 0.4) is 0 Å². The number of aromatic nitrogens is 1. The number of rotatable bonds is 7. The van der Waals surface area contributed by atoms with Gasteiger partial charge in [0.2, 0.25) is 0 Å². The standard InChI is InChI=1S/C75H48N2/c1-4-20-50(21-5-1)73-63-30-10-11-31-64(63)74(51-22-6-2-7-23-51)66-46-52(38-43-65(66)73)49-36-39-54(40-37-49)76(53-24-8-3-9-25-53)55-41-44-59-60-45-42-56(77-71-34-18-14-28-61(71)62-29-15-19-35-72(62)77)48-70(60)75(69(59)47-55)67-32-16-12-26-57(67)58-27-13-17-33-68(58)75/h1-48H. The molecule has 13 aromatic carbocycles. The van der Waals surface area contributed by atoms with Crippen LogP contribution in [0.25, 0.3) is 105 Å². The van der Waals surface area contributed by atoms with Gasteiger partial charge in [0.05, 0.1) is 16.4 Å². The number of hydrogen-bond donors (Lipinski definition) is 0. The van der Waals surface area contributed by atoms with Gasteiger partial charge in [-0.15, -0.1) is 0 Å². The third-order valence-corrected chi connectivity index (χ3v) is 16.8. The summed E-state index contributed by atoms with van der Waals surface area (Å²) in [6, 6.07) is 108. The van der Waals surface area contributed by atoms with E-state index in [-0.39, 0.29) is 0 Å². The van der Waals surface area contributed by atoms with Crippen LogP contribution in [0.1, 0.15) is 22.3 Å². The van der Waals surface area contributed by atoms with Crippen LogP contribution in [-0.4, -0.2) is 4.57 Å². The van der Waals surface area contributed by atoms with Gasteiger partial charge in [0.25, 0.3) is 0 Å². The van der Waals surface area contributed by atoms with Gasteiger partial charge < -0.3 is 9.47 Å². The van der Waals surface area contributed by atoms with Crippen LogP contribution in [0.2, 0.25) is 0 Å². The van der Waals surface area contributed by atoms with Crippen LogP contribution in [0.15, 0.2) is 291 Å². The highest BCUT2D eigenvalue weighted by Crippen LogP contribution is 2.64. The van der Waals surface area contributed by atoms with Gasteiger partial charge in [0, 0.05) is 33.5 Å². The summed E-state index contributed by atoms with van der Waals surface area (Å²) < 4.78 is 2.46. The minimum Gasteiger partial charge on any atom is -0.310 e. The molecule has 0 bridgehead atoms. The largest absolute Gasteiger partial charge is 0.310 e. The van der Waals surface area contributed by atoms with Crippen molar-refractivity contribution in [2.45, 2.75) is 5.41 Å². The highest BCUT2D eigenvalue weighted by atomic mass is 15.1. The van der Waals surface area contributed by atoms with Crippen molar-refractivity contribution in [1.29, 1.82) is 0 Å². The zero-order valence-corrected chi connectivity index (χ0v) is 42.1. The summed E-state index contributed by atoms with van der Waals surface area (Å²) in [6.07, 6.45) is 0. The number of nitrogens with zero attached hydrogens (tertiary/aromatic N) is 2. The number of para-hydroxylation sites is 3. The Balaban J connectivity index is 0.868. The Bertz CT molecular complexity index is 4570. The molecule has 0 atom stereocenters. The van der Waals surface area contributed by atoms with E-state index in [9.17, 15) is 0 Å². The lowest BCUT2D eigenvalue weighted by Crippen LogP contribution is -2.26. The SMILES string of the molecule is c1ccc(-c2c3ccccc3c(-c3ccccc3)c3cc(-c4ccc(N(c5ccccc5)c5ccc6c(c5)C5(c7ccccc7-c7ccccc75)c5cc(-n7c8ccccc8c8ccccc87)ccc5-6)cc4)ccc23)cc1. The fourth-order valence-electron chi connectivity index (χ4n) is 13.6. The van der Waals surface area contributed by atoms with E-state index in [1.165, 1.54) is 121 Å². The first-order chi connectivity index (χ1) is 38.2. The first kappa shape index (κ1) is 43.4. The van der Waals surface area contributed by atoms with Crippen LogP contribution in [0.5, 0.6) is 0 Å². The van der Waals surface area contributed by atoms with E-state index in [1.54, 1.807) is 0 Å². The zero-order valence-electron chi connectivity index (χ0n) is 42.1. The Morgan fingerprint density at radius 1 is 0.247 bits per heavy atom. The van der Waals surface area contributed by atoms with Gasteiger partial charge in [-0.2, -0.15) is 0 Å². The average Bonchev–Trinajstić information content (AvgIpc) is 4.01. The molecule has 2 aliphatic carbocycles. The minimum atomic E-state index is -0.560. The highest BCUT2D eigenvalue weighted by molar-refractivity contribution is 6.22. The Kier molecular flexibility index (Phi) is 9.58. The third-order valence-electron chi connectivity index (χ3n) is 16.8. The fourth-order valence-corrected chi connectivity index (χ4v) is 13.6. The smallest absolute Gasteiger partial charge is 0.0727 e. The lowest BCUT2D eigenvalue weighted by Gasteiger charge is -2.32. The summed E-state index contributed by atoms with van der Waals surface area (Å²) in [4.78, 5) is 2.43. The molecule has 2 heteroatoms. The molecule has 1 spiro atoms. The molecule has 16 rings (SSSR count). The third kappa shape index (κ3) is 6.37. The van der Waals surface area contributed by atoms with Gasteiger partial charge in [0.15, 0.2) is 0 Å². The predicted octanol–water partition coefficient (Wildman–Crippen LogP) is 19.9. The highest BCUT2D eigenvalue weighted by Gasteiger charge is 2.52. The molecule has 2 aliphatic rings. The Labute approximate surface area is 447 Å². The molecular formula is C75H48N2. The molecule has 0 fully saturated rings. The summed E-state index contributed by atoms with van der Waals surface area (Å²) >= 11 is 0. The first-order valence-electron chi connectivity index (χ1n) is 26.7. The maximum Gasteiger partial charge on any atom is 0.0727 e. The second kappa shape index (κ2) is 17.0. The lowest BCUT2D eigenvalue weighted by atomic mass is 9.70. The summed E-state index contributed by atoms with van der Waals surface area (Å²) in [5, 5.41) is 7.52. The summed E-state index contributed by atoms with van der Waals surface area (Å²) in [5.41, 5.74) is 24.0. The monoisotopic (exact) mass is 976 g/mol. The van der Waals surface area contributed by atoms with Gasteiger partial charge in [-0.1, -0.05) is 224 Å². The molecule has 0 unspecified atom stereocenters. The zero-order chi connectivity index (χ0) is 50.6. The van der Waals surface area contributed by atoms with Crippen molar-refractivity contribution in [2.24, 2.45) is 0 Å². The molecule has 2 nitrogen and oxygen atoms in total. The summed E-state index contributed by atoms with van der Waals surface area (Å²) in [6.45, 7) is 0. The van der Waals surface area contributed by atoms with E-state index in [0.717, 1.165) is 22.7 Å². The van der Waals surface area contributed by atoms with Crippen LogP contribution in [0.4, 0.5) is 17.1 Å². The van der Waals surface area contributed by atoms with Crippen molar-refractivity contribution in [3.63, 3.8) is 0 Å². The molecule has 0 saturated carbocycles. The van der Waals surface area contributed by atoms with Crippen molar-refractivity contribution in [3.05, 3.63) is 313 Å². The van der Waals surface area contributed by atoms with E-state index in [1.807, 2.05) is 0 Å². The van der Waals surface area contributed by atoms with Crippen molar-refractivity contribution < 1.29 is 0 Å². The van der Waals surface area contributed by atoms with E-state index in [2.05, 4.69) is 301 Å². The molecule has 0 radical (unpaired) electrons. The molecule has 0 N–H and O–H groups in total. The van der Waals surface area contributed by atoms with Crippen LogP contribution in [0, 0.1) is 0 Å². The molecule has 77 heavy (non-hydrogen) atoms. The van der Waals surface area contributed by atoms with Crippen molar-refractivity contribution in [1.82, 2.24) is 4.57 Å². The number of hydrogen-bond acceptors (Lipinski definition) is 1. The fraction of sp³-hybridized carbons (Fsp3) is 0.0133. The van der Waals surface area contributed by atoms with E-state index in [0.29, 0.717) is 0 Å². The molecule has 1 heterocycles. The van der Waals surface area contributed by atoms with E-state index < -0.39 is 5.41 Å². The second-order valence-corrected chi connectivity index (χ2v) is 20.7. The first-order valence-corrected chi connectivity index (χ1v) is 26.7. The van der Waals surface area contributed by atoms with Gasteiger partial charge in [-0.25, -0.2) is 0 Å². The summed E-state index contributed by atoms with van der Waals surface area (Å²) in [7, 11) is 0. The Hall–Kier alpha value is -10.0. The van der Waals surface area contributed by atoms with Crippen LogP contribution in [-0.2, 0) is 5.41 Å². The quantitative estimate of drug-likeness (QED) is 0.145.